The van der Waals surface area contributed by atoms with Crippen molar-refractivity contribution >= 4 is 17.8 Å². The zero-order valence-electron chi connectivity index (χ0n) is 16.1. The molecule has 1 atom stereocenters. The SMILES string of the molecule is NC(=O)COc1ccc(C(=O)O[C@H](C(=O)N2CCCCC2)c2ccccc2)cc1. The van der Waals surface area contributed by atoms with Crippen molar-refractivity contribution in [2.75, 3.05) is 19.7 Å². The van der Waals surface area contributed by atoms with E-state index in [9.17, 15) is 14.4 Å². The zero-order valence-corrected chi connectivity index (χ0v) is 16.1. The number of benzene rings is 2. The molecule has 1 saturated heterocycles. The molecule has 7 heteroatoms. The number of amides is 2. The lowest BCUT2D eigenvalue weighted by Gasteiger charge is -2.30. The number of hydrogen-bond acceptors (Lipinski definition) is 5. The first kappa shape index (κ1) is 20.4. The molecule has 7 nitrogen and oxygen atoms in total. The maximum Gasteiger partial charge on any atom is 0.339 e. The fourth-order valence-electron chi connectivity index (χ4n) is 3.19. The van der Waals surface area contributed by atoms with Crippen LogP contribution in [0, 0.1) is 0 Å². The molecule has 0 bridgehead atoms. The number of likely N-dealkylation sites (tertiary alicyclic amines) is 1. The van der Waals surface area contributed by atoms with Gasteiger partial charge in [0.1, 0.15) is 5.75 Å². The molecule has 1 heterocycles. The number of carbonyl (C=O) groups is 3. The van der Waals surface area contributed by atoms with Gasteiger partial charge in [0, 0.05) is 18.7 Å². The second-order valence-electron chi connectivity index (χ2n) is 6.86. The van der Waals surface area contributed by atoms with Crippen molar-refractivity contribution < 1.29 is 23.9 Å². The summed E-state index contributed by atoms with van der Waals surface area (Å²) in [6.07, 6.45) is 2.01. The Morgan fingerprint density at radius 1 is 0.931 bits per heavy atom. The standard InChI is InChI=1S/C22H24N2O5/c23-19(25)15-28-18-11-9-17(10-12-18)22(27)29-20(16-7-3-1-4-8-16)21(26)24-13-5-2-6-14-24/h1,3-4,7-12,20H,2,5-6,13-15H2,(H2,23,25)/t20-/m0/s1. The van der Waals surface area contributed by atoms with Crippen LogP contribution in [0.4, 0.5) is 0 Å². The predicted molar refractivity (Wildman–Crippen MR) is 106 cm³/mol. The highest BCUT2D eigenvalue weighted by Crippen LogP contribution is 2.24. The summed E-state index contributed by atoms with van der Waals surface area (Å²) in [4.78, 5) is 38.3. The van der Waals surface area contributed by atoms with E-state index >= 15 is 0 Å². The third kappa shape index (κ3) is 5.57. The van der Waals surface area contributed by atoms with Gasteiger partial charge in [-0.2, -0.15) is 0 Å². The molecule has 0 aromatic heterocycles. The molecule has 0 aliphatic carbocycles. The van der Waals surface area contributed by atoms with Crippen molar-refractivity contribution in [3.63, 3.8) is 0 Å². The van der Waals surface area contributed by atoms with Gasteiger partial charge in [-0.1, -0.05) is 30.3 Å². The van der Waals surface area contributed by atoms with E-state index in [0.29, 0.717) is 24.4 Å². The van der Waals surface area contributed by atoms with Crippen molar-refractivity contribution in [1.82, 2.24) is 4.90 Å². The minimum Gasteiger partial charge on any atom is -0.484 e. The van der Waals surface area contributed by atoms with Gasteiger partial charge in [0.05, 0.1) is 5.56 Å². The molecule has 0 spiro atoms. The van der Waals surface area contributed by atoms with Gasteiger partial charge in [0.25, 0.3) is 11.8 Å². The van der Waals surface area contributed by atoms with Gasteiger partial charge in [-0.15, -0.1) is 0 Å². The van der Waals surface area contributed by atoms with Gasteiger partial charge in [0.15, 0.2) is 6.61 Å². The summed E-state index contributed by atoms with van der Waals surface area (Å²) in [6.45, 7) is 1.10. The first-order valence-electron chi connectivity index (χ1n) is 9.60. The van der Waals surface area contributed by atoms with Crippen LogP contribution in [-0.2, 0) is 14.3 Å². The van der Waals surface area contributed by atoms with Crippen molar-refractivity contribution in [1.29, 1.82) is 0 Å². The Labute approximate surface area is 169 Å². The molecule has 0 saturated carbocycles. The zero-order chi connectivity index (χ0) is 20.6. The smallest absolute Gasteiger partial charge is 0.339 e. The summed E-state index contributed by atoms with van der Waals surface area (Å²) in [5.41, 5.74) is 5.96. The number of ether oxygens (including phenoxy) is 2. The van der Waals surface area contributed by atoms with Crippen LogP contribution < -0.4 is 10.5 Å². The van der Waals surface area contributed by atoms with Gasteiger partial charge in [-0.25, -0.2) is 4.79 Å². The molecule has 3 rings (SSSR count). The Morgan fingerprint density at radius 3 is 2.21 bits per heavy atom. The average Bonchev–Trinajstić information content (AvgIpc) is 2.77. The number of esters is 1. The first-order valence-corrected chi connectivity index (χ1v) is 9.60. The normalized spacial score (nSPS) is 14.7. The fraction of sp³-hybridized carbons (Fsp3) is 0.318. The van der Waals surface area contributed by atoms with Crippen LogP contribution in [0.5, 0.6) is 5.75 Å². The molecular formula is C22H24N2O5. The van der Waals surface area contributed by atoms with Crippen molar-refractivity contribution in [3.8, 4) is 5.75 Å². The van der Waals surface area contributed by atoms with Crippen LogP contribution in [0.2, 0.25) is 0 Å². The molecule has 1 aliphatic rings. The van der Waals surface area contributed by atoms with E-state index in [1.165, 1.54) is 12.1 Å². The van der Waals surface area contributed by atoms with Crippen LogP contribution in [-0.4, -0.2) is 42.4 Å². The van der Waals surface area contributed by atoms with Crippen LogP contribution in [0.25, 0.3) is 0 Å². The number of hydrogen-bond donors (Lipinski definition) is 1. The Bertz CT molecular complexity index is 845. The highest BCUT2D eigenvalue weighted by atomic mass is 16.5. The lowest BCUT2D eigenvalue weighted by molar-refractivity contribution is -0.142. The lowest BCUT2D eigenvalue weighted by Crippen LogP contribution is -2.40. The largest absolute Gasteiger partial charge is 0.484 e. The Morgan fingerprint density at radius 2 is 1.59 bits per heavy atom. The molecule has 0 radical (unpaired) electrons. The van der Waals surface area contributed by atoms with Crippen LogP contribution in [0.3, 0.4) is 0 Å². The van der Waals surface area contributed by atoms with Crippen LogP contribution in [0.15, 0.2) is 54.6 Å². The number of rotatable bonds is 7. The fourth-order valence-corrected chi connectivity index (χ4v) is 3.19. The number of carbonyl (C=O) groups excluding carboxylic acids is 3. The van der Waals surface area contributed by atoms with Crippen molar-refractivity contribution in [2.45, 2.75) is 25.4 Å². The first-order chi connectivity index (χ1) is 14.0. The van der Waals surface area contributed by atoms with Crippen molar-refractivity contribution in [2.24, 2.45) is 5.73 Å². The van der Waals surface area contributed by atoms with E-state index in [0.717, 1.165) is 19.3 Å². The molecule has 1 aliphatic heterocycles. The Balaban J connectivity index is 1.74. The molecular weight excluding hydrogens is 372 g/mol. The third-order valence-electron chi connectivity index (χ3n) is 4.69. The molecule has 2 amide bonds. The molecule has 1 fully saturated rings. The molecule has 152 valence electrons. The summed E-state index contributed by atoms with van der Waals surface area (Å²) in [5.74, 6) is -0.990. The minimum atomic E-state index is -0.993. The number of nitrogens with zero attached hydrogens (tertiary/aromatic N) is 1. The lowest BCUT2D eigenvalue weighted by atomic mass is 10.1. The highest BCUT2D eigenvalue weighted by Gasteiger charge is 2.30. The summed E-state index contributed by atoms with van der Waals surface area (Å²) < 4.78 is 10.8. The van der Waals surface area contributed by atoms with Gasteiger partial charge >= 0.3 is 5.97 Å². The second-order valence-corrected chi connectivity index (χ2v) is 6.86. The Kier molecular flexibility index (Phi) is 6.84. The second kappa shape index (κ2) is 9.73. The van der Waals surface area contributed by atoms with E-state index in [1.54, 1.807) is 29.2 Å². The van der Waals surface area contributed by atoms with E-state index in [2.05, 4.69) is 0 Å². The Hall–Kier alpha value is -3.35. The molecule has 2 aromatic carbocycles. The van der Waals surface area contributed by atoms with Crippen LogP contribution >= 0.6 is 0 Å². The van der Waals surface area contributed by atoms with E-state index in [-0.39, 0.29) is 18.1 Å². The maximum atomic E-state index is 13.1. The number of nitrogens with two attached hydrogens (primary N) is 1. The van der Waals surface area contributed by atoms with Gasteiger partial charge < -0.3 is 20.1 Å². The topological polar surface area (TPSA) is 98.9 Å². The number of primary amides is 1. The van der Waals surface area contributed by atoms with Crippen LogP contribution in [0.1, 0.15) is 41.3 Å². The molecule has 29 heavy (non-hydrogen) atoms. The van der Waals surface area contributed by atoms with Gasteiger partial charge in [-0.05, 0) is 43.5 Å². The summed E-state index contributed by atoms with van der Waals surface area (Å²) in [6, 6.07) is 15.2. The van der Waals surface area contributed by atoms with Crippen molar-refractivity contribution in [3.05, 3.63) is 65.7 Å². The van der Waals surface area contributed by atoms with E-state index < -0.39 is 18.0 Å². The summed E-state index contributed by atoms with van der Waals surface area (Å²) in [5, 5.41) is 0. The van der Waals surface area contributed by atoms with E-state index in [1.807, 2.05) is 18.2 Å². The highest BCUT2D eigenvalue weighted by molar-refractivity contribution is 5.93. The monoisotopic (exact) mass is 396 g/mol. The van der Waals surface area contributed by atoms with E-state index in [4.69, 9.17) is 15.2 Å². The van der Waals surface area contributed by atoms with Gasteiger partial charge in [0.2, 0.25) is 6.10 Å². The third-order valence-corrected chi connectivity index (χ3v) is 4.69. The molecule has 2 N–H and O–H groups in total. The summed E-state index contributed by atoms with van der Waals surface area (Å²) >= 11 is 0. The number of piperidine rings is 1. The predicted octanol–water partition coefficient (Wildman–Crippen LogP) is 2.46. The quantitative estimate of drug-likeness (QED) is 0.725. The average molecular weight is 396 g/mol. The minimum absolute atomic E-state index is 0.203. The summed E-state index contributed by atoms with van der Waals surface area (Å²) in [7, 11) is 0. The molecule has 2 aromatic rings. The molecule has 0 unspecified atom stereocenters. The maximum absolute atomic E-state index is 13.1. The van der Waals surface area contributed by atoms with Gasteiger partial charge in [-0.3, -0.25) is 9.59 Å².